The van der Waals surface area contributed by atoms with Crippen molar-refractivity contribution in [1.82, 2.24) is 15.1 Å². The minimum atomic E-state index is -0.409. The van der Waals surface area contributed by atoms with Crippen LogP contribution >= 0.6 is 0 Å². The number of carbonyl (C=O) groups excluding carboxylic acids is 2. The minimum Gasteiger partial charge on any atom is -0.440 e. The summed E-state index contributed by atoms with van der Waals surface area (Å²) < 4.78 is 5.58. The van der Waals surface area contributed by atoms with Crippen LogP contribution in [-0.4, -0.2) is 67.2 Å². The van der Waals surface area contributed by atoms with Crippen LogP contribution in [-0.2, 0) is 9.53 Å². The van der Waals surface area contributed by atoms with Gasteiger partial charge in [-0.3, -0.25) is 9.69 Å². The van der Waals surface area contributed by atoms with Gasteiger partial charge in [0.1, 0.15) is 5.60 Å². The lowest BCUT2D eigenvalue weighted by Crippen LogP contribution is -2.52. The maximum Gasteiger partial charge on any atom is 0.410 e. The number of ether oxygens (including phenoxy) is 1. The van der Waals surface area contributed by atoms with Crippen LogP contribution in [0.4, 0.5) is 4.79 Å². The Balaban J connectivity index is 1.44. The highest BCUT2D eigenvalue weighted by atomic mass is 16.6. The van der Waals surface area contributed by atoms with E-state index in [4.69, 9.17) is 4.74 Å². The number of amides is 2. The molecule has 1 spiro atoms. The summed E-state index contributed by atoms with van der Waals surface area (Å²) in [6.45, 7) is 3.43. The zero-order chi connectivity index (χ0) is 16.3. The predicted octanol–water partition coefficient (Wildman–Crippen LogP) is 1.60. The van der Waals surface area contributed by atoms with E-state index in [-0.39, 0.29) is 12.0 Å². The van der Waals surface area contributed by atoms with Gasteiger partial charge in [-0.15, -0.1) is 0 Å². The SMILES string of the molecule is CN1CC2(CCCN(CC(=O)NCC3CCCCC3)C2)OC1=O. The fourth-order valence-corrected chi connectivity index (χ4v) is 4.24. The molecular formula is C17H29N3O3. The number of carbonyl (C=O) groups is 2. The lowest BCUT2D eigenvalue weighted by atomic mass is 9.89. The summed E-state index contributed by atoms with van der Waals surface area (Å²) in [5.74, 6) is 0.759. The largest absolute Gasteiger partial charge is 0.440 e. The van der Waals surface area contributed by atoms with E-state index in [2.05, 4.69) is 10.2 Å². The maximum atomic E-state index is 12.2. The highest BCUT2D eigenvalue weighted by Gasteiger charge is 2.46. The molecule has 0 aromatic rings. The summed E-state index contributed by atoms with van der Waals surface area (Å²) in [5, 5.41) is 3.10. The minimum absolute atomic E-state index is 0.102. The zero-order valence-electron chi connectivity index (χ0n) is 14.2. The van der Waals surface area contributed by atoms with Crippen molar-refractivity contribution in [1.29, 1.82) is 0 Å². The molecule has 23 heavy (non-hydrogen) atoms. The summed E-state index contributed by atoms with van der Waals surface area (Å²) >= 11 is 0. The van der Waals surface area contributed by atoms with Gasteiger partial charge in [-0.05, 0) is 38.1 Å². The first-order valence-electron chi connectivity index (χ1n) is 8.99. The molecule has 130 valence electrons. The first-order chi connectivity index (χ1) is 11.1. The molecule has 3 rings (SSSR count). The molecule has 3 fully saturated rings. The molecule has 1 saturated carbocycles. The molecule has 6 heteroatoms. The molecule has 0 radical (unpaired) electrons. The van der Waals surface area contributed by atoms with Crippen LogP contribution in [0.3, 0.4) is 0 Å². The number of piperidine rings is 1. The van der Waals surface area contributed by atoms with E-state index >= 15 is 0 Å². The molecule has 2 aliphatic heterocycles. The van der Waals surface area contributed by atoms with Gasteiger partial charge < -0.3 is 15.0 Å². The number of hydrogen-bond acceptors (Lipinski definition) is 4. The van der Waals surface area contributed by atoms with Crippen LogP contribution in [0, 0.1) is 5.92 Å². The molecule has 0 aromatic carbocycles. The number of hydrogen-bond donors (Lipinski definition) is 1. The Labute approximate surface area is 138 Å². The van der Waals surface area contributed by atoms with Crippen LogP contribution in [0.1, 0.15) is 44.9 Å². The van der Waals surface area contributed by atoms with Gasteiger partial charge in [-0.1, -0.05) is 19.3 Å². The summed E-state index contributed by atoms with van der Waals surface area (Å²) in [7, 11) is 1.77. The van der Waals surface area contributed by atoms with Gasteiger partial charge in [0.2, 0.25) is 5.91 Å². The molecule has 2 saturated heterocycles. The zero-order valence-corrected chi connectivity index (χ0v) is 14.2. The van der Waals surface area contributed by atoms with Crippen LogP contribution in [0.2, 0.25) is 0 Å². The molecule has 0 aromatic heterocycles. The predicted molar refractivity (Wildman–Crippen MR) is 87.1 cm³/mol. The molecule has 1 unspecified atom stereocenters. The number of rotatable bonds is 4. The molecule has 1 atom stereocenters. The van der Waals surface area contributed by atoms with Crippen LogP contribution in [0.25, 0.3) is 0 Å². The second-order valence-corrected chi connectivity index (χ2v) is 7.53. The van der Waals surface area contributed by atoms with E-state index in [1.165, 1.54) is 32.1 Å². The number of likely N-dealkylation sites (N-methyl/N-ethyl adjacent to an activating group) is 1. The van der Waals surface area contributed by atoms with Crippen molar-refractivity contribution < 1.29 is 14.3 Å². The number of likely N-dealkylation sites (tertiary alicyclic amines) is 1. The van der Waals surface area contributed by atoms with Gasteiger partial charge in [0.25, 0.3) is 0 Å². The molecular weight excluding hydrogens is 294 g/mol. The van der Waals surface area contributed by atoms with Gasteiger partial charge in [-0.25, -0.2) is 4.79 Å². The molecule has 6 nitrogen and oxygen atoms in total. The van der Waals surface area contributed by atoms with Gasteiger partial charge >= 0.3 is 6.09 Å². The Kier molecular flexibility index (Phi) is 5.09. The molecule has 0 bridgehead atoms. The Morgan fingerprint density at radius 3 is 2.74 bits per heavy atom. The molecule has 1 aliphatic carbocycles. The van der Waals surface area contributed by atoms with Crippen molar-refractivity contribution >= 4 is 12.0 Å². The standard InChI is InChI=1S/C17H29N3O3/c1-19-12-17(23-16(19)22)8-5-9-20(13-17)11-15(21)18-10-14-6-3-2-4-7-14/h14H,2-13H2,1H3,(H,18,21). The molecule has 1 N–H and O–H groups in total. The van der Waals surface area contributed by atoms with E-state index < -0.39 is 5.60 Å². The van der Waals surface area contributed by atoms with Crippen molar-refractivity contribution in [2.45, 2.75) is 50.5 Å². The third-order valence-corrected chi connectivity index (χ3v) is 5.44. The lowest BCUT2D eigenvalue weighted by molar-refractivity contribution is -0.123. The van der Waals surface area contributed by atoms with E-state index in [0.29, 0.717) is 25.6 Å². The first kappa shape index (κ1) is 16.6. The fourth-order valence-electron chi connectivity index (χ4n) is 4.24. The Bertz CT molecular complexity index is 450. The average Bonchev–Trinajstić information content (AvgIpc) is 2.80. The molecule has 2 amide bonds. The summed E-state index contributed by atoms with van der Waals surface area (Å²) in [4.78, 5) is 27.6. The Hall–Kier alpha value is -1.30. The summed E-state index contributed by atoms with van der Waals surface area (Å²) in [6, 6.07) is 0. The van der Waals surface area contributed by atoms with E-state index in [9.17, 15) is 9.59 Å². The van der Waals surface area contributed by atoms with Crippen molar-refractivity contribution in [2.24, 2.45) is 5.92 Å². The van der Waals surface area contributed by atoms with Crippen LogP contribution in [0.15, 0.2) is 0 Å². The second kappa shape index (κ2) is 7.07. The topological polar surface area (TPSA) is 61.9 Å². The maximum absolute atomic E-state index is 12.2. The van der Waals surface area contributed by atoms with Crippen LogP contribution < -0.4 is 5.32 Å². The highest BCUT2D eigenvalue weighted by Crippen LogP contribution is 2.31. The molecule has 2 heterocycles. The van der Waals surface area contributed by atoms with Gasteiger partial charge in [-0.2, -0.15) is 0 Å². The number of nitrogens with zero attached hydrogens (tertiary/aromatic N) is 2. The average molecular weight is 323 g/mol. The second-order valence-electron chi connectivity index (χ2n) is 7.53. The third-order valence-electron chi connectivity index (χ3n) is 5.44. The summed E-state index contributed by atoms with van der Waals surface area (Å²) in [5.41, 5.74) is -0.409. The first-order valence-corrected chi connectivity index (χ1v) is 8.99. The van der Waals surface area contributed by atoms with Gasteiger partial charge in [0.15, 0.2) is 0 Å². The van der Waals surface area contributed by atoms with E-state index in [1.54, 1.807) is 11.9 Å². The Morgan fingerprint density at radius 2 is 2.04 bits per heavy atom. The number of nitrogens with one attached hydrogen (secondary N) is 1. The van der Waals surface area contributed by atoms with E-state index in [0.717, 1.165) is 25.9 Å². The Morgan fingerprint density at radius 1 is 1.26 bits per heavy atom. The van der Waals surface area contributed by atoms with Crippen molar-refractivity contribution in [2.75, 3.05) is 39.8 Å². The van der Waals surface area contributed by atoms with Crippen molar-refractivity contribution in [3.63, 3.8) is 0 Å². The van der Waals surface area contributed by atoms with Gasteiger partial charge in [0, 0.05) is 20.1 Å². The smallest absolute Gasteiger partial charge is 0.410 e. The molecule has 3 aliphatic rings. The van der Waals surface area contributed by atoms with Gasteiger partial charge in [0.05, 0.1) is 13.1 Å². The normalized spacial score (nSPS) is 29.8. The quantitative estimate of drug-likeness (QED) is 0.854. The van der Waals surface area contributed by atoms with Crippen molar-refractivity contribution in [3.8, 4) is 0 Å². The van der Waals surface area contributed by atoms with Crippen molar-refractivity contribution in [3.05, 3.63) is 0 Å². The van der Waals surface area contributed by atoms with Crippen LogP contribution in [0.5, 0.6) is 0 Å². The monoisotopic (exact) mass is 323 g/mol. The van der Waals surface area contributed by atoms with E-state index in [1.807, 2.05) is 0 Å². The fraction of sp³-hybridized carbons (Fsp3) is 0.882. The summed E-state index contributed by atoms with van der Waals surface area (Å²) in [6.07, 6.45) is 8.05. The third kappa shape index (κ3) is 4.16. The highest BCUT2D eigenvalue weighted by molar-refractivity contribution is 5.78. The lowest BCUT2D eigenvalue weighted by Gasteiger charge is -2.38.